The summed E-state index contributed by atoms with van der Waals surface area (Å²) in [5.41, 5.74) is 1.62. The molecule has 0 spiro atoms. The highest BCUT2D eigenvalue weighted by Crippen LogP contribution is 2.08. The molecule has 1 fully saturated rings. The summed E-state index contributed by atoms with van der Waals surface area (Å²) in [6, 6.07) is 9.30. The van der Waals surface area contributed by atoms with Crippen molar-refractivity contribution >= 4 is 5.78 Å². The molecule has 0 aliphatic carbocycles. The minimum Gasteiger partial charge on any atom is -0.396 e. The number of benzene rings is 1. The Bertz CT molecular complexity index is 479. The lowest BCUT2D eigenvalue weighted by molar-refractivity contribution is 0.104. The van der Waals surface area contributed by atoms with Crippen LogP contribution < -0.4 is 5.32 Å². The largest absolute Gasteiger partial charge is 0.396 e. The molecule has 1 heterocycles. The highest BCUT2D eigenvalue weighted by atomic mass is 16.2. The summed E-state index contributed by atoms with van der Waals surface area (Å²) in [4.78, 5) is 14.7. The van der Waals surface area contributed by atoms with Crippen LogP contribution in [0.2, 0.25) is 0 Å². The maximum absolute atomic E-state index is 12.2. The predicted octanol–water partition coefficient (Wildman–Crippen LogP) is 2.21. The molecule has 22 heavy (non-hydrogen) atoms. The fourth-order valence-electron chi connectivity index (χ4n) is 2.71. The lowest BCUT2D eigenvalue weighted by atomic mass is 10.1. The zero-order valence-corrected chi connectivity index (χ0v) is 13.1. The monoisotopic (exact) mass is 302 g/mol. The second kappa shape index (κ2) is 9.38. The maximum Gasteiger partial charge on any atom is 0.187 e. The molecule has 0 saturated carbocycles. The molecule has 1 aliphatic heterocycles. The highest BCUT2D eigenvalue weighted by molar-refractivity contribution is 6.04. The summed E-state index contributed by atoms with van der Waals surface area (Å²) in [5, 5.41) is 12.4. The van der Waals surface area contributed by atoms with E-state index in [-0.39, 0.29) is 12.4 Å². The molecule has 2 rings (SSSR count). The molecule has 1 saturated heterocycles. The molecule has 0 unspecified atom stereocenters. The van der Waals surface area contributed by atoms with E-state index >= 15 is 0 Å². The summed E-state index contributed by atoms with van der Waals surface area (Å²) >= 11 is 0. The number of nitrogens with one attached hydrogen (secondary N) is 1. The van der Waals surface area contributed by atoms with Crippen molar-refractivity contribution in [3.63, 3.8) is 0 Å². The van der Waals surface area contributed by atoms with Crippen molar-refractivity contribution in [1.29, 1.82) is 0 Å². The first-order valence-electron chi connectivity index (χ1n) is 8.16. The molecule has 120 valence electrons. The first-order chi connectivity index (χ1) is 10.8. The van der Waals surface area contributed by atoms with Crippen LogP contribution in [0.3, 0.4) is 0 Å². The number of aliphatic hydroxyl groups excluding tert-OH is 1. The minimum atomic E-state index is 0.0159. The van der Waals surface area contributed by atoms with Gasteiger partial charge in [-0.25, -0.2) is 0 Å². The zero-order chi connectivity index (χ0) is 15.6. The smallest absolute Gasteiger partial charge is 0.187 e. The van der Waals surface area contributed by atoms with Crippen LogP contribution in [0.15, 0.2) is 42.1 Å². The van der Waals surface area contributed by atoms with Crippen LogP contribution >= 0.6 is 0 Å². The van der Waals surface area contributed by atoms with Gasteiger partial charge in [0, 0.05) is 37.0 Å². The van der Waals surface area contributed by atoms with E-state index in [1.807, 2.05) is 30.3 Å². The van der Waals surface area contributed by atoms with E-state index in [4.69, 9.17) is 5.11 Å². The van der Waals surface area contributed by atoms with Crippen molar-refractivity contribution in [2.45, 2.75) is 25.7 Å². The van der Waals surface area contributed by atoms with Gasteiger partial charge >= 0.3 is 0 Å². The van der Waals surface area contributed by atoms with Crippen molar-refractivity contribution in [2.75, 3.05) is 32.8 Å². The fourth-order valence-corrected chi connectivity index (χ4v) is 2.71. The molecule has 1 aromatic carbocycles. The van der Waals surface area contributed by atoms with Crippen LogP contribution in [0.5, 0.6) is 0 Å². The summed E-state index contributed by atoms with van der Waals surface area (Å²) in [6.45, 7) is 4.36. The lowest BCUT2D eigenvalue weighted by Gasteiger charge is -2.17. The molecule has 4 heteroatoms. The molecule has 0 bridgehead atoms. The zero-order valence-electron chi connectivity index (χ0n) is 13.1. The number of allylic oxidation sites excluding steroid dienone is 2. The molecular formula is C18H26N2O2. The fraction of sp³-hybridized carbons (Fsp3) is 0.500. The molecule has 1 aromatic rings. The van der Waals surface area contributed by atoms with E-state index in [1.54, 1.807) is 6.08 Å². The number of hydrogen-bond acceptors (Lipinski definition) is 4. The Hall–Kier alpha value is -1.65. The summed E-state index contributed by atoms with van der Waals surface area (Å²) in [5.74, 6) is 0.0159. The van der Waals surface area contributed by atoms with Gasteiger partial charge in [-0.15, -0.1) is 0 Å². The average Bonchev–Trinajstić information content (AvgIpc) is 3.06. The molecule has 0 atom stereocenters. The standard InChI is InChI=1S/C18H26N2O2/c21-14-6-9-17(19-10-13-20-11-4-5-12-20)15-18(22)16-7-2-1-3-8-16/h1-3,7-8,15,19,21H,4-6,9-14H2/b17-15+. The average molecular weight is 302 g/mol. The van der Waals surface area contributed by atoms with Crippen LogP contribution in [-0.2, 0) is 0 Å². The number of carbonyl (C=O) groups excluding carboxylic acids is 1. The third-order valence-corrected chi connectivity index (χ3v) is 3.95. The highest BCUT2D eigenvalue weighted by Gasteiger charge is 2.11. The Morgan fingerprint density at radius 2 is 1.95 bits per heavy atom. The van der Waals surface area contributed by atoms with Crippen LogP contribution in [-0.4, -0.2) is 48.6 Å². The number of hydrogen-bond donors (Lipinski definition) is 2. The molecule has 1 aliphatic rings. The van der Waals surface area contributed by atoms with Gasteiger partial charge in [0.05, 0.1) is 0 Å². The van der Waals surface area contributed by atoms with Gasteiger partial charge in [-0.1, -0.05) is 30.3 Å². The van der Waals surface area contributed by atoms with Crippen molar-refractivity contribution < 1.29 is 9.90 Å². The number of rotatable bonds is 9. The minimum absolute atomic E-state index is 0.0159. The Kier molecular flexibility index (Phi) is 7.13. The van der Waals surface area contributed by atoms with Crippen molar-refractivity contribution in [1.82, 2.24) is 10.2 Å². The quantitative estimate of drug-likeness (QED) is 0.542. The normalized spacial score (nSPS) is 16.0. The van der Waals surface area contributed by atoms with Crippen LogP contribution in [0, 0.1) is 0 Å². The number of likely N-dealkylation sites (tertiary alicyclic amines) is 1. The maximum atomic E-state index is 12.2. The van der Waals surface area contributed by atoms with Gasteiger partial charge in [0.2, 0.25) is 0 Å². The van der Waals surface area contributed by atoms with E-state index < -0.39 is 0 Å². The van der Waals surface area contributed by atoms with Crippen LogP contribution in [0.25, 0.3) is 0 Å². The molecule has 0 radical (unpaired) electrons. The topological polar surface area (TPSA) is 52.6 Å². The first kappa shape index (κ1) is 16.7. The van der Waals surface area contributed by atoms with Gasteiger partial charge < -0.3 is 15.3 Å². The third-order valence-electron chi connectivity index (χ3n) is 3.95. The third kappa shape index (κ3) is 5.62. The lowest BCUT2D eigenvalue weighted by Crippen LogP contribution is -2.30. The van der Waals surface area contributed by atoms with Gasteiger partial charge in [-0.05, 0) is 38.8 Å². The van der Waals surface area contributed by atoms with E-state index in [0.29, 0.717) is 18.4 Å². The Morgan fingerprint density at radius 1 is 1.23 bits per heavy atom. The number of aliphatic hydroxyl groups is 1. The molecule has 0 aromatic heterocycles. The summed E-state index contributed by atoms with van der Waals surface area (Å²) < 4.78 is 0. The van der Waals surface area contributed by atoms with E-state index in [9.17, 15) is 4.79 Å². The van der Waals surface area contributed by atoms with Gasteiger partial charge in [0.25, 0.3) is 0 Å². The molecule has 4 nitrogen and oxygen atoms in total. The number of carbonyl (C=O) groups is 1. The Labute approximate surface area is 132 Å². The Morgan fingerprint density at radius 3 is 2.64 bits per heavy atom. The van der Waals surface area contributed by atoms with E-state index in [0.717, 1.165) is 18.8 Å². The first-order valence-corrected chi connectivity index (χ1v) is 8.16. The van der Waals surface area contributed by atoms with Gasteiger partial charge in [-0.3, -0.25) is 4.79 Å². The van der Waals surface area contributed by atoms with Gasteiger partial charge in [0.1, 0.15) is 0 Å². The summed E-state index contributed by atoms with van der Waals surface area (Å²) in [6.07, 6.45) is 5.63. The second-order valence-electron chi connectivity index (χ2n) is 5.70. The van der Waals surface area contributed by atoms with E-state index in [1.165, 1.54) is 25.9 Å². The van der Waals surface area contributed by atoms with Crippen molar-refractivity contribution in [3.8, 4) is 0 Å². The summed E-state index contributed by atoms with van der Waals surface area (Å²) in [7, 11) is 0. The number of nitrogens with zero attached hydrogens (tertiary/aromatic N) is 1. The van der Waals surface area contributed by atoms with Crippen molar-refractivity contribution in [3.05, 3.63) is 47.7 Å². The second-order valence-corrected chi connectivity index (χ2v) is 5.70. The van der Waals surface area contributed by atoms with Crippen LogP contribution in [0.1, 0.15) is 36.0 Å². The molecule has 0 amide bonds. The molecular weight excluding hydrogens is 276 g/mol. The predicted molar refractivity (Wildman–Crippen MR) is 88.9 cm³/mol. The van der Waals surface area contributed by atoms with Crippen molar-refractivity contribution in [2.24, 2.45) is 0 Å². The number of ketones is 1. The van der Waals surface area contributed by atoms with Gasteiger partial charge in [-0.2, -0.15) is 0 Å². The SMILES string of the molecule is O=C(/C=C(\CCCO)NCCN1CCCC1)c1ccccc1. The van der Waals surface area contributed by atoms with Crippen LogP contribution in [0.4, 0.5) is 0 Å². The Balaban J connectivity index is 1.89. The van der Waals surface area contributed by atoms with Gasteiger partial charge in [0.15, 0.2) is 5.78 Å². The molecule has 2 N–H and O–H groups in total. The van der Waals surface area contributed by atoms with E-state index in [2.05, 4.69) is 10.2 Å².